The predicted molar refractivity (Wildman–Crippen MR) is 354 cm³/mol. The first-order valence-electron chi connectivity index (χ1n) is 32.6. The molecule has 2 aliphatic heterocycles. The van der Waals surface area contributed by atoms with Crippen molar-refractivity contribution in [3.8, 4) is 39.0 Å². The Morgan fingerprint density at radius 2 is 0.525 bits per heavy atom. The van der Waals surface area contributed by atoms with Crippen molar-refractivity contribution in [2.75, 3.05) is 26.4 Å². The molecule has 4 nitrogen and oxygen atoms in total. The van der Waals surface area contributed by atoms with Crippen LogP contribution in [0.15, 0.2) is 72.8 Å². The van der Waals surface area contributed by atoms with Crippen molar-refractivity contribution < 1.29 is 18.9 Å². The van der Waals surface area contributed by atoms with Gasteiger partial charge in [-0.15, -0.1) is 68.0 Å². The summed E-state index contributed by atoms with van der Waals surface area (Å²) >= 11 is 11.6. The van der Waals surface area contributed by atoms with E-state index in [9.17, 15) is 0 Å². The van der Waals surface area contributed by atoms with Gasteiger partial charge in [0.25, 0.3) is 0 Å². The number of unbranched alkanes of at least 4 members (excludes halogenated alkanes) is 24. The second kappa shape index (κ2) is 35.5. The molecule has 2 saturated heterocycles. The third-order valence-corrected chi connectivity index (χ3v) is 25.0. The van der Waals surface area contributed by atoms with Crippen LogP contribution in [-0.4, -0.2) is 26.4 Å². The van der Waals surface area contributed by atoms with Gasteiger partial charge in [-0.05, 0) is 110 Å². The summed E-state index contributed by atoms with van der Waals surface area (Å²) in [6, 6.07) is 28.2. The summed E-state index contributed by atoms with van der Waals surface area (Å²) in [5.41, 5.74) is 0. The van der Waals surface area contributed by atoms with E-state index in [4.69, 9.17) is 18.9 Å². The van der Waals surface area contributed by atoms with Crippen LogP contribution >= 0.6 is 68.0 Å². The molecule has 2 aliphatic rings. The lowest BCUT2D eigenvalue weighted by molar-refractivity contribution is -0.211. The average molecular weight is 1200 g/mol. The van der Waals surface area contributed by atoms with Gasteiger partial charge in [0.1, 0.15) is 0 Å². The van der Waals surface area contributed by atoms with Gasteiger partial charge >= 0.3 is 0 Å². The van der Waals surface area contributed by atoms with E-state index in [0.29, 0.717) is 51.1 Å². The van der Waals surface area contributed by atoms with Crippen LogP contribution in [-0.2, 0) is 30.5 Å². The topological polar surface area (TPSA) is 36.9 Å². The summed E-state index contributed by atoms with van der Waals surface area (Å²) in [6.45, 7) is 11.6. The van der Waals surface area contributed by atoms with E-state index in [1.807, 2.05) is 45.3 Å². The van der Waals surface area contributed by atoms with Crippen molar-refractivity contribution in [3.63, 3.8) is 0 Å². The molecule has 0 aromatic carbocycles. The number of ether oxygens (including phenoxy) is 4. The lowest BCUT2D eigenvalue weighted by Gasteiger charge is -2.32. The fourth-order valence-corrected chi connectivity index (χ4v) is 19.3. The maximum absolute atomic E-state index is 6.63. The van der Waals surface area contributed by atoms with Crippen LogP contribution in [0.3, 0.4) is 0 Å². The van der Waals surface area contributed by atoms with E-state index in [1.165, 1.54) is 244 Å². The molecule has 0 bridgehead atoms. The van der Waals surface area contributed by atoms with Crippen LogP contribution in [0.25, 0.3) is 39.0 Å². The minimum Gasteiger partial charge on any atom is -0.343 e. The van der Waals surface area contributed by atoms with Gasteiger partial charge in [0, 0.05) is 61.6 Å². The molecular formula is C70H102O4S6. The van der Waals surface area contributed by atoms with Crippen LogP contribution in [0.2, 0.25) is 0 Å². The van der Waals surface area contributed by atoms with E-state index in [-0.39, 0.29) is 0 Å². The first-order chi connectivity index (χ1) is 39.5. The zero-order chi connectivity index (χ0) is 55.5. The van der Waals surface area contributed by atoms with Crippen LogP contribution in [0.4, 0.5) is 0 Å². The number of rotatable bonds is 43. The first kappa shape index (κ1) is 64.0. The molecule has 0 saturated carbocycles. The summed E-state index contributed by atoms with van der Waals surface area (Å²) in [6.07, 6.45) is 45.3. The Kier molecular flexibility index (Phi) is 28.4. The molecule has 0 aliphatic carbocycles. The van der Waals surface area contributed by atoms with Gasteiger partial charge in [-0.25, -0.2) is 0 Å². The molecule has 6 aromatic heterocycles. The highest BCUT2D eigenvalue weighted by Gasteiger charge is 2.47. The Bertz CT molecular complexity index is 2380. The van der Waals surface area contributed by atoms with Crippen molar-refractivity contribution in [2.45, 2.75) is 269 Å². The van der Waals surface area contributed by atoms with Gasteiger partial charge < -0.3 is 18.9 Å². The van der Waals surface area contributed by atoms with Crippen LogP contribution in [0.1, 0.15) is 277 Å². The van der Waals surface area contributed by atoms with E-state index in [1.54, 1.807) is 9.75 Å². The molecule has 0 N–H and O–H groups in total. The molecule has 442 valence electrons. The lowest BCUT2D eigenvalue weighted by Crippen LogP contribution is -2.33. The maximum atomic E-state index is 6.63. The van der Waals surface area contributed by atoms with Crippen LogP contribution in [0.5, 0.6) is 0 Å². The maximum Gasteiger partial charge on any atom is 0.204 e. The van der Waals surface area contributed by atoms with Gasteiger partial charge in [0.2, 0.25) is 11.6 Å². The SMILES string of the molecule is CCCCCCCCCCC(CCCCCCCC)c1ccc(-c2ccc(-c3ccc(C4(CCC5(c6ccc(-c7ccc(-c8ccc(C(CCCCCCCC)CCCCCCCCCC)s8)s7)s6)OCCO5)OCCO4)s3)s2)s1. The Morgan fingerprint density at radius 1 is 0.287 bits per heavy atom. The van der Waals surface area contributed by atoms with Crippen molar-refractivity contribution in [3.05, 3.63) is 92.3 Å². The van der Waals surface area contributed by atoms with Gasteiger partial charge in [-0.1, -0.05) is 207 Å². The highest BCUT2D eigenvalue weighted by molar-refractivity contribution is 7.27. The molecule has 0 amide bonds. The largest absolute Gasteiger partial charge is 0.343 e. The predicted octanol–water partition coefficient (Wildman–Crippen LogP) is 25.3. The molecule has 0 radical (unpaired) electrons. The second-order valence-electron chi connectivity index (χ2n) is 23.5. The molecule has 8 rings (SSSR count). The Labute approximate surface area is 510 Å². The smallest absolute Gasteiger partial charge is 0.204 e. The standard InChI is InChI=1S/C70H102O4S6/c1-5-9-13-17-21-23-27-31-35-55(33-29-25-19-15-11-7-3)57-37-39-59(75-57)61-41-43-63(77-61)65-45-47-67(79-65)69(71-51-52-72-69)49-50-70(73-53-54-74-70)68-48-46-66(80-68)64-44-42-62(78-64)60-40-38-58(76-60)56(34-30-26-20-16-12-8-4)36-32-28-24-22-18-14-10-6-2/h37-48,55-56H,5-36,49-54H2,1-4H3. The lowest BCUT2D eigenvalue weighted by atomic mass is 9.93. The van der Waals surface area contributed by atoms with Gasteiger partial charge in [-0.2, -0.15) is 0 Å². The quantitative estimate of drug-likeness (QED) is 0.0358. The van der Waals surface area contributed by atoms with Gasteiger partial charge in [0.15, 0.2) is 0 Å². The van der Waals surface area contributed by atoms with Crippen LogP contribution < -0.4 is 0 Å². The molecule has 80 heavy (non-hydrogen) atoms. The summed E-state index contributed by atoms with van der Waals surface area (Å²) in [5, 5.41) is 0. The number of hydrogen-bond acceptors (Lipinski definition) is 10. The minimum atomic E-state index is -0.822. The van der Waals surface area contributed by atoms with Crippen molar-refractivity contribution >= 4 is 68.0 Å². The van der Waals surface area contributed by atoms with E-state index in [0.717, 1.165) is 9.75 Å². The molecule has 10 heteroatoms. The molecule has 2 atom stereocenters. The average Bonchev–Trinajstić information content (AvgIpc) is 4.37. The molecule has 2 unspecified atom stereocenters. The van der Waals surface area contributed by atoms with E-state index < -0.39 is 11.6 Å². The Morgan fingerprint density at radius 3 is 0.825 bits per heavy atom. The van der Waals surface area contributed by atoms with Gasteiger partial charge in [-0.3, -0.25) is 0 Å². The summed E-state index contributed by atoms with van der Waals surface area (Å²) in [5.74, 6) is -0.265. The zero-order valence-electron chi connectivity index (χ0n) is 50.0. The monoisotopic (exact) mass is 1200 g/mol. The Balaban J connectivity index is 0.880. The normalized spacial score (nSPS) is 15.9. The number of hydrogen-bond donors (Lipinski definition) is 0. The van der Waals surface area contributed by atoms with Crippen molar-refractivity contribution in [1.82, 2.24) is 0 Å². The fourth-order valence-electron chi connectivity index (χ4n) is 12.3. The van der Waals surface area contributed by atoms with Crippen molar-refractivity contribution in [2.24, 2.45) is 0 Å². The summed E-state index contributed by atoms with van der Waals surface area (Å²) in [7, 11) is 0. The molecule has 2 fully saturated rings. The molecule has 8 heterocycles. The molecule has 6 aromatic rings. The molecular weight excluding hydrogens is 1100 g/mol. The number of thiophene rings is 6. The first-order valence-corrected chi connectivity index (χ1v) is 37.5. The fraction of sp³-hybridized carbons (Fsp3) is 0.657. The van der Waals surface area contributed by atoms with Crippen molar-refractivity contribution in [1.29, 1.82) is 0 Å². The summed E-state index contributed by atoms with van der Waals surface area (Å²) in [4.78, 5) is 16.2. The van der Waals surface area contributed by atoms with Crippen LogP contribution in [0, 0.1) is 0 Å². The zero-order valence-corrected chi connectivity index (χ0v) is 54.9. The highest BCUT2D eigenvalue weighted by Crippen LogP contribution is 2.51. The Hall–Kier alpha value is -1.96. The minimum absolute atomic E-state index is 0.583. The van der Waals surface area contributed by atoms with Gasteiger partial charge in [0.05, 0.1) is 36.2 Å². The van der Waals surface area contributed by atoms with E-state index in [2.05, 4.69) is 123 Å². The third-order valence-electron chi connectivity index (χ3n) is 17.1. The summed E-state index contributed by atoms with van der Waals surface area (Å²) < 4.78 is 26.5. The third kappa shape index (κ3) is 19.3. The highest BCUT2D eigenvalue weighted by atomic mass is 32.1. The molecule has 0 spiro atoms. The van der Waals surface area contributed by atoms with E-state index >= 15 is 0 Å². The second-order valence-corrected chi connectivity index (χ2v) is 30.1.